The number of likely N-dealkylation sites (tertiary alicyclic amines) is 1. The van der Waals surface area contributed by atoms with Crippen LogP contribution in [0, 0.1) is 11.8 Å². The van der Waals surface area contributed by atoms with Gasteiger partial charge in [-0.1, -0.05) is 12.2 Å². The van der Waals surface area contributed by atoms with Gasteiger partial charge in [0.25, 0.3) is 0 Å². The number of aromatic nitrogens is 1. The van der Waals surface area contributed by atoms with Crippen LogP contribution in [0.1, 0.15) is 18.5 Å². The zero-order chi connectivity index (χ0) is 16.2. The van der Waals surface area contributed by atoms with Crippen LogP contribution in [-0.4, -0.2) is 47.1 Å². The van der Waals surface area contributed by atoms with Crippen molar-refractivity contribution in [3.8, 4) is 0 Å². The molecule has 2 saturated heterocycles. The average Bonchev–Trinajstić information content (AvgIpc) is 3.22. The Labute approximate surface area is 134 Å². The first-order valence-corrected chi connectivity index (χ1v) is 7.73. The second kappa shape index (κ2) is 4.89. The molecular formula is C17H18N2O4. The molecule has 6 nitrogen and oxygen atoms in total. The molecule has 3 aliphatic heterocycles. The molecular weight excluding hydrogens is 296 g/mol. The van der Waals surface area contributed by atoms with E-state index in [0.717, 1.165) is 5.56 Å². The summed E-state index contributed by atoms with van der Waals surface area (Å²) in [4.78, 5) is 30.9. The number of carbonyl (C=O) groups excluding carboxylic acids is 2. The van der Waals surface area contributed by atoms with Crippen LogP contribution in [0.2, 0.25) is 0 Å². The van der Waals surface area contributed by atoms with E-state index in [1.807, 2.05) is 31.2 Å². The highest BCUT2D eigenvalue weighted by Crippen LogP contribution is 2.53. The third-order valence-corrected chi connectivity index (χ3v) is 5.26. The van der Waals surface area contributed by atoms with Crippen molar-refractivity contribution in [2.24, 2.45) is 11.8 Å². The van der Waals surface area contributed by atoms with Crippen molar-refractivity contribution >= 4 is 11.9 Å². The molecule has 4 heterocycles. The van der Waals surface area contributed by atoms with E-state index in [4.69, 9.17) is 9.47 Å². The van der Waals surface area contributed by atoms with E-state index < -0.39 is 17.4 Å². The first kappa shape index (κ1) is 14.4. The van der Waals surface area contributed by atoms with Gasteiger partial charge >= 0.3 is 5.97 Å². The number of methoxy groups -OCH3 is 1. The van der Waals surface area contributed by atoms with E-state index in [1.165, 1.54) is 7.11 Å². The summed E-state index contributed by atoms with van der Waals surface area (Å²) in [5.74, 6) is -1.46. The van der Waals surface area contributed by atoms with Crippen molar-refractivity contribution in [3.63, 3.8) is 0 Å². The highest BCUT2D eigenvalue weighted by atomic mass is 16.5. The largest absolute Gasteiger partial charge is 0.469 e. The van der Waals surface area contributed by atoms with Gasteiger partial charge in [0.05, 0.1) is 31.7 Å². The molecule has 0 radical (unpaired) electrons. The van der Waals surface area contributed by atoms with Gasteiger partial charge in [0.1, 0.15) is 11.5 Å². The summed E-state index contributed by atoms with van der Waals surface area (Å²) >= 11 is 0. The Morgan fingerprint density at radius 1 is 1.48 bits per heavy atom. The Kier molecular flexibility index (Phi) is 3.06. The predicted molar refractivity (Wildman–Crippen MR) is 80.1 cm³/mol. The summed E-state index contributed by atoms with van der Waals surface area (Å²) in [6, 6.07) is 3.70. The van der Waals surface area contributed by atoms with Crippen LogP contribution < -0.4 is 0 Å². The summed E-state index contributed by atoms with van der Waals surface area (Å²) < 4.78 is 10.9. The Morgan fingerprint density at radius 2 is 2.22 bits per heavy atom. The molecule has 1 spiro atoms. The lowest BCUT2D eigenvalue weighted by molar-refractivity contribution is -0.151. The quantitative estimate of drug-likeness (QED) is 0.617. The number of pyridine rings is 1. The molecule has 5 atom stereocenters. The Bertz CT molecular complexity index is 689. The summed E-state index contributed by atoms with van der Waals surface area (Å²) in [6.07, 6.45) is 6.90. The first-order chi connectivity index (χ1) is 11.1. The fourth-order valence-electron chi connectivity index (χ4n) is 4.08. The maximum Gasteiger partial charge on any atom is 0.312 e. The minimum atomic E-state index is -0.693. The zero-order valence-electron chi connectivity index (χ0n) is 13.0. The third-order valence-electron chi connectivity index (χ3n) is 5.26. The molecule has 23 heavy (non-hydrogen) atoms. The molecule has 1 aromatic heterocycles. The van der Waals surface area contributed by atoms with Gasteiger partial charge in [0.15, 0.2) is 0 Å². The number of amides is 1. The van der Waals surface area contributed by atoms with E-state index in [0.29, 0.717) is 6.54 Å². The van der Waals surface area contributed by atoms with Crippen LogP contribution in [0.25, 0.3) is 0 Å². The van der Waals surface area contributed by atoms with Crippen LogP contribution in [0.3, 0.4) is 0 Å². The molecule has 3 aliphatic rings. The van der Waals surface area contributed by atoms with Gasteiger partial charge in [0, 0.05) is 12.4 Å². The number of ether oxygens (including phenoxy) is 2. The molecule has 120 valence electrons. The molecule has 1 amide bonds. The summed E-state index contributed by atoms with van der Waals surface area (Å²) in [5.41, 5.74) is 0.319. The maximum atomic E-state index is 13.0. The number of hydrogen-bond acceptors (Lipinski definition) is 5. The second-order valence-electron chi connectivity index (χ2n) is 6.35. The smallest absolute Gasteiger partial charge is 0.312 e. The lowest BCUT2D eigenvalue weighted by Gasteiger charge is -2.27. The van der Waals surface area contributed by atoms with Crippen LogP contribution in [0.15, 0.2) is 36.7 Å². The van der Waals surface area contributed by atoms with E-state index in [-0.39, 0.29) is 24.0 Å². The van der Waals surface area contributed by atoms with Crippen molar-refractivity contribution in [3.05, 3.63) is 42.2 Å². The van der Waals surface area contributed by atoms with Gasteiger partial charge in [-0.25, -0.2) is 0 Å². The highest BCUT2D eigenvalue weighted by molar-refractivity contribution is 5.91. The zero-order valence-corrected chi connectivity index (χ0v) is 13.0. The molecule has 1 aromatic rings. The third kappa shape index (κ3) is 1.88. The molecule has 0 N–H and O–H groups in total. The highest BCUT2D eigenvalue weighted by Gasteiger charge is 2.67. The van der Waals surface area contributed by atoms with E-state index in [9.17, 15) is 9.59 Å². The van der Waals surface area contributed by atoms with Crippen molar-refractivity contribution in [2.45, 2.75) is 24.7 Å². The lowest BCUT2D eigenvalue weighted by atomic mass is 9.77. The Hall–Kier alpha value is -2.21. The second-order valence-corrected chi connectivity index (χ2v) is 6.35. The molecule has 6 heteroatoms. The summed E-state index contributed by atoms with van der Waals surface area (Å²) in [6.45, 7) is 2.44. The Morgan fingerprint density at radius 3 is 2.91 bits per heavy atom. The number of esters is 1. The normalized spacial score (nSPS) is 35.5. The number of rotatable bonds is 3. The number of nitrogens with zero attached hydrogens (tertiary/aromatic N) is 2. The molecule has 0 unspecified atom stereocenters. The van der Waals surface area contributed by atoms with Gasteiger partial charge in [-0.05, 0) is 24.6 Å². The SMILES string of the molecule is COC(=O)[C@H]1[C@H]2C=C[C@]3(CN([C@H](C)c4ccncc4)C(=O)[C@@H]13)O2. The molecule has 0 aromatic carbocycles. The van der Waals surface area contributed by atoms with Crippen LogP contribution in [0.5, 0.6) is 0 Å². The summed E-state index contributed by atoms with van der Waals surface area (Å²) in [5, 5.41) is 0. The molecule has 2 bridgehead atoms. The lowest BCUT2D eigenvalue weighted by Crippen LogP contribution is -2.39. The topological polar surface area (TPSA) is 68.7 Å². The Balaban J connectivity index is 1.67. The molecule has 0 saturated carbocycles. The van der Waals surface area contributed by atoms with Gasteiger partial charge in [-0.15, -0.1) is 0 Å². The van der Waals surface area contributed by atoms with Gasteiger partial charge in [0.2, 0.25) is 5.91 Å². The number of fused-ring (bicyclic) bond motifs is 1. The fraction of sp³-hybridized carbons (Fsp3) is 0.471. The standard InChI is InChI=1S/C17H18N2O4/c1-10(11-4-7-18-8-5-11)19-9-17-6-3-12(23-17)13(16(21)22-2)14(17)15(19)20/h3-8,10,12-14H,9H2,1-2H3/t10-,12-,13+,14-,17-/m1/s1. The predicted octanol–water partition coefficient (Wildman–Crippen LogP) is 1.10. The summed E-state index contributed by atoms with van der Waals surface area (Å²) in [7, 11) is 1.35. The number of hydrogen-bond donors (Lipinski definition) is 0. The van der Waals surface area contributed by atoms with Gasteiger partial charge < -0.3 is 14.4 Å². The van der Waals surface area contributed by atoms with Crippen molar-refractivity contribution in [1.82, 2.24) is 9.88 Å². The van der Waals surface area contributed by atoms with Crippen LogP contribution >= 0.6 is 0 Å². The molecule has 0 aliphatic carbocycles. The minimum Gasteiger partial charge on any atom is -0.469 e. The van der Waals surface area contributed by atoms with Crippen LogP contribution in [0.4, 0.5) is 0 Å². The molecule has 2 fully saturated rings. The van der Waals surface area contributed by atoms with Gasteiger partial charge in [-0.2, -0.15) is 0 Å². The van der Waals surface area contributed by atoms with E-state index in [1.54, 1.807) is 17.3 Å². The first-order valence-electron chi connectivity index (χ1n) is 7.73. The maximum absolute atomic E-state index is 13.0. The van der Waals surface area contributed by atoms with Gasteiger partial charge in [-0.3, -0.25) is 14.6 Å². The van der Waals surface area contributed by atoms with E-state index >= 15 is 0 Å². The number of carbonyl (C=O) groups is 2. The van der Waals surface area contributed by atoms with Crippen molar-refractivity contribution in [2.75, 3.05) is 13.7 Å². The van der Waals surface area contributed by atoms with E-state index in [2.05, 4.69) is 4.98 Å². The van der Waals surface area contributed by atoms with Crippen molar-refractivity contribution in [1.29, 1.82) is 0 Å². The monoisotopic (exact) mass is 314 g/mol. The average molecular weight is 314 g/mol. The fourth-order valence-corrected chi connectivity index (χ4v) is 4.08. The van der Waals surface area contributed by atoms with Crippen LogP contribution in [-0.2, 0) is 19.1 Å². The minimum absolute atomic E-state index is 0.0448. The van der Waals surface area contributed by atoms with Crippen molar-refractivity contribution < 1.29 is 19.1 Å². The molecule has 4 rings (SSSR count).